The summed E-state index contributed by atoms with van der Waals surface area (Å²) in [6.07, 6.45) is 0.800. The number of benzene rings is 1. The van der Waals surface area contributed by atoms with Crippen molar-refractivity contribution in [3.8, 4) is 0 Å². The van der Waals surface area contributed by atoms with Crippen molar-refractivity contribution in [2.24, 2.45) is 0 Å². The third kappa shape index (κ3) is 4.14. The van der Waals surface area contributed by atoms with E-state index in [9.17, 15) is 26.4 Å². The minimum absolute atomic E-state index is 0.00575. The Balaban J connectivity index is 2.13. The monoisotopic (exact) mass is 351 g/mol. The second kappa shape index (κ2) is 6.36. The molecule has 1 atom stereocenters. The Morgan fingerprint density at radius 2 is 2.04 bits per heavy atom. The fourth-order valence-electron chi connectivity index (χ4n) is 2.17. The molecular formula is C13H16F3N3O3S. The standard InChI is InChI=1S/C13H16F3N3O3S/c1-8-6-9(12(20)18-10-4-5-17-7-10)2-3-11(8)19-23(21,22)13(14,15)16/h2-3,6,10,17,19H,4-5,7H2,1H3,(H,18,20). The summed E-state index contributed by atoms with van der Waals surface area (Å²) in [5.74, 6) is -0.355. The van der Waals surface area contributed by atoms with Gasteiger partial charge in [0.15, 0.2) is 0 Å². The van der Waals surface area contributed by atoms with Crippen molar-refractivity contribution in [1.82, 2.24) is 10.6 Å². The quantitative estimate of drug-likeness (QED) is 0.764. The Morgan fingerprint density at radius 3 is 2.57 bits per heavy atom. The van der Waals surface area contributed by atoms with Crippen LogP contribution in [-0.2, 0) is 10.0 Å². The summed E-state index contributed by atoms with van der Waals surface area (Å²) in [6.45, 7) is 2.89. The van der Waals surface area contributed by atoms with E-state index in [2.05, 4.69) is 10.6 Å². The predicted octanol–water partition coefficient (Wildman–Crippen LogP) is 1.35. The van der Waals surface area contributed by atoms with Crippen molar-refractivity contribution < 1.29 is 26.4 Å². The van der Waals surface area contributed by atoms with Crippen LogP contribution in [0.5, 0.6) is 0 Å². The molecule has 0 spiro atoms. The van der Waals surface area contributed by atoms with E-state index in [1.54, 1.807) is 0 Å². The number of aryl methyl sites for hydroxylation is 1. The lowest BCUT2D eigenvalue weighted by atomic mass is 10.1. The Labute approximate surface area is 131 Å². The topological polar surface area (TPSA) is 87.3 Å². The Hall–Kier alpha value is -1.81. The maximum atomic E-state index is 12.4. The van der Waals surface area contributed by atoms with Crippen LogP contribution in [0.4, 0.5) is 18.9 Å². The Bertz CT molecular complexity index is 698. The third-order valence-corrected chi connectivity index (χ3v) is 4.53. The zero-order chi connectivity index (χ0) is 17.3. The van der Waals surface area contributed by atoms with Gasteiger partial charge in [0.25, 0.3) is 5.91 Å². The highest BCUT2D eigenvalue weighted by atomic mass is 32.2. The average Bonchev–Trinajstić information content (AvgIpc) is 2.92. The van der Waals surface area contributed by atoms with Gasteiger partial charge < -0.3 is 10.6 Å². The average molecular weight is 351 g/mol. The van der Waals surface area contributed by atoms with E-state index in [4.69, 9.17) is 0 Å². The van der Waals surface area contributed by atoms with Crippen molar-refractivity contribution in [2.45, 2.75) is 24.9 Å². The molecule has 128 valence electrons. The van der Waals surface area contributed by atoms with Gasteiger partial charge in [-0.3, -0.25) is 9.52 Å². The summed E-state index contributed by atoms with van der Waals surface area (Å²) in [7, 11) is -5.48. The Kier molecular flexibility index (Phi) is 4.85. The fourth-order valence-corrected chi connectivity index (χ4v) is 2.80. The second-order valence-corrected chi connectivity index (χ2v) is 6.92. The molecule has 1 aliphatic heterocycles. The van der Waals surface area contributed by atoms with Crippen LogP contribution in [0.15, 0.2) is 18.2 Å². The number of alkyl halides is 3. The number of carbonyl (C=O) groups is 1. The molecule has 0 aromatic heterocycles. The molecule has 23 heavy (non-hydrogen) atoms. The summed E-state index contributed by atoms with van der Waals surface area (Å²) in [5, 5.41) is 5.89. The van der Waals surface area contributed by atoms with Crippen molar-refractivity contribution in [1.29, 1.82) is 0 Å². The second-order valence-electron chi connectivity index (χ2n) is 5.24. The first-order chi connectivity index (χ1) is 10.6. The molecule has 1 fully saturated rings. The lowest BCUT2D eigenvalue weighted by Gasteiger charge is -2.14. The first-order valence-electron chi connectivity index (χ1n) is 6.81. The molecule has 2 rings (SSSR count). The van der Waals surface area contributed by atoms with E-state index in [0.717, 1.165) is 19.0 Å². The van der Waals surface area contributed by atoms with Crippen LogP contribution in [0.1, 0.15) is 22.3 Å². The molecule has 10 heteroatoms. The van der Waals surface area contributed by atoms with Crippen molar-refractivity contribution >= 4 is 21.6 Å². The van der Waals surface area contributed by atoms with E-state index in [1.165, 1.54) is 23.8 Å². The third-order valence-electron chi connectivity index (χ3n) is 3.43. The molecule has 1 aromatic carbocycles. The molecule has 1 amide bonds. The molecule has 1 aromatic rings. The van der Waals surface area contributed by atoms with Crippen LogP contribution >= 0.6 is 0 Å². The number of rotatable bonds is 4. The van der Waals surface area contributed by atoms with E-state index < -0.39 is 15.5 Å². The van der Waals surface area contributed by atoms with Gasteiger partial charge in [-0.2, -0.15) is 21.6 Å². The summed E-state index contributed by atoms with van der Waals surface area (Å²) >= 11 is 0. The van der Waals surface area contributed by atoms with Gasteiger partial charge in [-0.25, -0.2) is 0 Å². The van der Waals surface area contributed by atoms with Gasteiger partial charge in [0.05, 0.1) is 5.69 Å². The van der Waals surface area contributed by atoms with Gasteiger partial charge in [-0.15, -0.1) is 0 Å². The zero-order valence-electron chi connectivity index (χ0n) is 12.2. The first kappa shape index (κ1) is 17.5. The number of hydrogen-bond acceptors (Lipinski definition) is 4. The fraction of sp³-hybridized carbons (Fsp3) is 0.462. The van der Waals surface area contributed by atoms with Crippen LogP contribution < -0.4 is 15.4 Å². The number of halogens is 3. The molecule has 1 heterocycles. The maximum absolute atomic E-state index is 12.4. The molecular weight excluding hydrogens is 335 g/mol. The number of nitrogens with one attached hydrogen (secondary N) is 3. The molecule has 3 N–H and O–H groups in total. The number of anilines is 1. The van der Waals surface area contributed by atoms with E-state index >= 15 is 0 Å². The number of amides is 1. The minimum Gasteiger partial charge on any atom is -0.348 e. The van der Waals surface area contributed by atoms with Crippen molar-refractivity contribution in [3.63, 3.8) is 0 Å². The van der Waals surface area contributed by atoms with Crippen LogP contribution in [0.3, 0.4) is 0 Å². The SMILES string of the molecule is Cc1cc(C(=O)NC2CCNC2)ccc1NS(=O)(=O)C(F)(F)F. The summed E-state index contributed by atoms with van der Waals surface area (Å²) in [4.78, 5) is 12.1. The van der Waals surface area contributed by atoms with E-state index in [0.29, 0.717) is 6.54 Å². The molecule has 0 saturated carbocycles. The molecule has 0 radical (unpaired) electrons. The number of hydrogen-bond donors (Lipinski definition) is 3. The lowest BCUT2D eigenvalue weighted by Crippen LogP contribution is -2.36. The summed E-state index contributed by atoms with van der Waals surface area (Å²) in [6, 6.07) is 3.76. The molecule has 6 nitrogen and oxygen atoms in total. The molecule has 0 aliphatic carbocycles. The van der Waals surface area contributed by atoms with Gasteiger partial charge in [0.2, 0.25) is 0 Å². The highest BCUT2D eigenvalue weighted by Crippen LogP contribution is 2.27. The van der Waals surface area contributed by atoms with Crippen LogP contribution in [0.25, 0.3) is 0 Å². The van der Waals surface area contributed by atoms with Gasteiger partial charge >= 0.3 is 15.5 Å². The minimum atomic E-state index is -5.48. The Morgan fingerprint density at radius 1 is 1.35 bits per heavy atom. The summed E-state index contributed by atoms with van der Waals surface area (Å²) < 4.78 is 60.8. The molecule has 1 unspecified atom stereocenters. The van der Waals surface area contributed by atoms with Gasteiger partial charge in [0, 0.05) is 18.2 Å². The maximum Gasteiger partial charge on any atom is 0.516 e. The zero-order valence-corrected chi connectivity index (χ0v) is 13.0. The largest absolute Gasteiger partial charge is 0.516 e. The van der Waals surface area contributed by atoms with Crippen LogP contribution in [0.2, 0.25) is 0 Å². The van der Waals surface area contributed by atoms with E-state index in [1.807, 2.05) is 0 Å². The van der Waals surface area contributed by atoms with Gasteiger partial charge in [-0.1, -0.05) is 0 Å². The van der Waals surface area contributed by atoms with Crippen LogP contribution in [0, 0.1) is 6.92 Å². The highest BCUT2D eigenvalue weighted by molar-refractivity contribution is 7.93. The molecule has 1 aliphatic rings. The smallest absolute Gasteiger partial charge is 0.348 e. The predicted molar refractivity (Wildman–Crippen MR) is 78.5 cm³/mol. The first-order valence-corrected chi connectivity index (χ1v) is 8.30. The van der Waals surface area contributed by atoms with Gasteiger partial charge in [-0.05, 0) is 43.7 Å². The molecule has 0 bridgehead atoms. The lowest BCUT2D eigenvalue weighted by molar-refractivity contribution is -0.0429. The molecule has 1 saturated heterocycles. The normalized spacial score (nSPS) is 18.7. The van der Waals surface area contributed by atoms with Crippen molar-refractivity contribution in [2.75, 3.05) is 17.8 Å². The number of sulfonamides is 1. The van der Waals surface area contributed by atoms with Gasteiger partial charge in [0.1, 0.15) is 0 Å². The van der Waals surface area contributed by atoms with E-state index in [-0.39, 0.29) is 28.8 Å². The van der Waals surface area contributed by atoms with Crippen molar-refractivity contribution in [3.05, 3.63) is 29.3 Å². The summed E-state index contributed by atoms with van der Waals surface area (Å²) in [5.41, 5.74) is -5.15. The number of carbonyl (C=O) groups excluding carboxylic acids is 1. The highest BCUT2D eigenvalue weighted by Gasteiger charge is 2.46. The van der Waals surface area contributed by atoms with Crippen LogP contribution in [-0.4, -0.2) is 39.0 Å².